The van der Waals surface area contributed by atoms with Crippen LogP contribution in [0.15, 0.2) is 30.9 Å². The molecule has 0 fully saturated rings. The summed E-state index contributed by atoms with van der Waals surface area (Å²) in [6.45, 7) is 3.45. The summed E-state index contributed by atoms with van der Waals surface area (Å²) in [6, 6.07) is 3.92. The number of carbonyl (C=O) groups is 2. The average molecular weight is 302 g/mol. The highest BCUT2D eigenvalue weighted by molar-refractivity contribution is 6.36. The second-order valence-electron chi connectivity index (χ2n) is 3.86. The maximum Gasteiger partial charge on any atom is 0.326 e. The van der Waals surface area contributed by atoms with Gasteiger partial charge in [-0.3, -0.25) is 4.79 Å². The molecule has 4 nitrogen and oxygen atoms in total. The number of amides is 1. The third-order valence-electron chi connectivity index (χ3n) is 2.43. The van der Waals surface area contributed by atoms with Crippen molar-refractivity contribution < 1.29 is 14.7 Å². The lowest BCUT2D eigenvalue weighted by atomic mass is 10.1. The van der Waals surface area contributed by atoms with Gasteiger partial charge in [-0.15, -0.1) is 6.58 Å². The highest BCUT2D eigenvalue weighted by atomic mass is 35.5. The average Bonchev–Trinajstić information content (AvgIpc) is 2.33. The van der Waals surface area contributed by atoms with Crippen LogP contribution in [0.3, 0.4) is 0 Å². The number of rotatable bonds is 6. The molecule has 1 atom stereocenters. The molecule has 1 aromatic carbocycles. The van der Waals surface area contributed by atoms with E-state index in [1.807, 2.05) is 0 Å². The van der Waals surface area contributed by atoms with Crippen molar-refractivity contribution in [3.05, 3.63) is 46.5 Å². The molecule has 1 unspecified atom stereocenters. The quantitative estimate of drug-likeness (QED) is 0.794. The molecular weight excluding hydrogens is 289 g/mol. The smallest absolute Gasteiger partial charge is 0.326 e. The van der Waals surface area contributed by atoms with E-state index in [2.05, 4.69) is 11.9 Å². The molecule has 19 heavy (non-hydrogen) atoms. The standard InChI is InChI=1S/C13H13Cl2NO3/c1-2-4-11(13(18)19)16-12(17)7-8-9(14)5-3-6-10(8)15/h2-3,5-6,11H,1,4,7H2,(H,16,17)(H,18,19). The monoisotopic (exact) mass is 301 g/mol. The third kappa shape index (κ3) is 4.58. The zero-order valence-corrected chi connectivity index (χ0v) is 11.5. The van der Waals surface area contributed by atoms with Crippen molar-refractivity contribution in [2.24, 2.45) is 0 Å². The Bertz CT molecular complexity index is 482. The number of halogens is 2. The summed E-state index contributed by atoms with van der Waals surface area (Å²) in [5.74, 6) is -1.57. The molecule has 0 bridgehead atoms. The summed E-state index contributed by atoms with van der Waals surface area (Å²) >= 11 is 11.9. The fraction of sp³-hybridized carbons (Fsp3) is 0.231. The molecule has 0 spiro atoms. The molecule has 0 heterocycles. The summed E-state index contributed by atoms with van der Waals surface area (Å²) in [7, 11) is 0. The summed E-state index contributed by atoms with van der Waals surface area (Å²) in [4.78, 5) is 22.7. The highest BCUT2D eigenvalue weighted by Gasteiger charge is 2.19. The molecule has 0 saturated carbocycles. The molecule has 0 aromatic heterocycles. The second kappa shape index (κ2) is 7.16. The van der Waals surface area contributed by atoms with Crippen LogP contribution in [-0.2, 0) is 16.0 Å². The predicted molar refractivity (Wildman–Crippen MR) is 74.5 cm³/mol. The van der Waals surface area contributed by atoms with E-state index < -0.39 is 17.9 Å². The number of hydrogen-bond acceptors (Lipinski definition) is 2. The number of aliphatic carboxylic acids is 1. The second-order valence-corrected chi connectivity index (χ2v) is 4.67. The Hall–Kier alpha value is -1.52. The van der Waals surface area contributed by atoms with Gasteiger partial charge in [-0.25, -0.2) is 4.79 Å². The van der Waals surface area contributed by atoms with E-state index in [9.17, 15) is 9.59 Å². The maximum atomic E-state index is 11.8. The van der Waals surface area contributed by atoms with Crippen LogP contribution in [0.1, 0.15) is 12.0 Å². The number of carboxylic acids is 1. The fourth-order valence-electron chi connectivity index (χ4n) is 1.50. The molecule has 102 valence electrons. The van der Waals surface area contributed by atoms with Gasteiger partial charge in [0.1, 0.15) is 6.04 Å². The van der Waals surface area contributed by atoms with E-state index in [0.717, 1.165) is 0 Å². The third-order valence-corrected chi connectivity index (χ3v) is 3.14. The van der Waals surface area contributed by atoms with E-state index in [0.29, 0.717) is 15.6 Å². The first-order valence-electron chi connectivity index (χ1n) is 5.51. The SMILES string of the molecule is C=CCC(NC(=O)Cc1c(Cl)cccc1Cl)C(=O)O. The zero-order chi connectivity index (χ0) is 14.4. The van der Waals surface area contributed by atoms with E-state index in [-0.39, 0.29) is 12.8 Å². The van der Waals surface area contributed by atoms with E-state index in [4.69, 9.17) is 28.3 Å². The van der Waals surface area contributed by atoms with Crippen molar-refractivity contribution in [1.29, 1.82) is 0 Å². The Kier molecular flexibility index (Phi) is 5.86. The summed E-state index contributed by atoms with van der Waals surface area (Å²) in [5.41, 5.74) is 0.478. The van der Waals surface area contributed by atoms with Gasteiger partial charge in [0.15, 0.2) is 0 Å². The molecule has 0 radical (unpaired) electrons. The molecule has 0 aliphatic heterocycles. The van der Waals surface area contributed by atoms with Crippen LogP contribution < -0.4 is 5.32 Å². The lowest BCUT2D eigenvalue weighted by Gasteiger charge is -2.13. The minimum absolute atomic E-state index is 0.0700. The van der Waals surface area contributed by atoms with Gasteiger partial charge in [-0.05, 0) is 24.1 Å². The van der Waals surface area contributed by atoms with Gasteiger partial charge < -0.3 is 10.4 Å². The molecule has 0 saturated heterocycles. The van der Waals surface area contributed by atoms with Gasteiger partial charge in [0.25, 0.3) is 0 Å². The molecule has 1 rings (SSSR count). The number of carboxylic acid groups (broad SMARTS) is 1. The summed E-state index contributed by atoms with van der Waals surface area (Å²) < 4.78 is 0. The van der Waals surface area contributed by atoms with Gasteiger partial charge in [-0.1, -0.05) is 35.3 Å². The van der Waals surface area contributed by atoms with Crippen molar-refractivity contribution in [3.63, 3.8) is 0 Å². The topological polar surface area (TPSA) is 66.4 Å². The van der Waals surface area contributed by atoms with Crippen molar-refractivity contribution >= 4 is 35.1 Å². The van der Waals surface area contributed by atoms with Crippen LogP contribution in [0, 0.1) is 0 Å². The van der Waals surface area contributed by atoms with Gasteiger partial charge >= 0.3 is 5.97 Å². The Balaban J connectivity index is 2.74. The van der Waals surface area contributed by atoms with E-state index in [1.54, 1.807) is 18.2 Å². The largest absolute Gasteiger partial charge is 0.480 e. The van der Waals surface area contributed by atoms with Gasteiger partial charge in [0.05, 0.1) is 6.42 Å². The summed E-state index contributed by atoms with van der Waals surface area (Å²) in [6.07, 6.45) is 1.51. The molecule has 1 aromatic rings. The molecular formula is C13H13Cl2NO3. The fourth-order valence-corrected chi connectivity index (χ4v) is 2.03. The summed E-state index contributed by atoms with van der Waals surface area (Å²) in [5, 5.41) is 12.1. The molecule has 1 amide bonds. The highest BCUT2D eigenvalue weighted by Crippen LogP contribution is 2.24. The van der Waals surface area contributed by atoms with Crippen LogP contribution in [0.2, 0.25) is 10.0 Å². The minimum Gasteiger partial charge on any atom is -0.480 e. The minimum atomic E-state index is -1.11. The van der Waals surface area contributed by atoms with Crippen molar-refractivity contribution in [3.8, 4) is 0 Å². The van der Waals surface area contributed by atoms with Gasteiger partial charge in [-0.2, -0.15) is 0 Å². The van der Waals surface area contributed by atoms with Crippen molar-refractivity contribution in [2.75, 3.05) is 0 Å². The van der Waals surface area contributed by atoms with E-state index >= 15 is 0 Å². The van der Waals surface area contributed by atoms with Gasteiger partial charge in [0.2, 0.25) is 5.91 Å². The Morgan fingerprint density at radius 3 is 2.42 bits per heavy atom. The van der Waals surface area contributed by atoms with E-state index in [1.165, 1.54) is 6.08 Å². The first-order chi connectivity index (χ1) is 8.95. The number of carbonyl (C=O) groups excluding carboxylic acids is 1. The zero-order valence-electron chi connectivity index (χ0n) is 10.0. The first kappa shape index (κ1) is 15.5. The van der Waals surface area contributed by atoms with Crippen LogP contribution >= 0.6 is 23.2 Å². The van der Waals surface area contributed by atoms with Gasteiger partial charge in [0, 0.05) is 10.0 Å². The normalized spacial score (nSPS) is 11.7. The predicted octanol–water partition coefficient (Wildman–Crippen LogP) is 2.68. The molecule has 6 heteroatoms. The molecule has 0 aliphatic carbocycles. The number of benzene rings is 1. The number of nitrogens with one attached hydrogen (secondary N) is 1. The van der Waals surface area contributed by atoms with Crippen LogP contribution in [0.5, 0.6) is 0 Å². The lowest BCUT2D eigenvalue weighted by molar-refractivity contribution is -0.141. The van der Waals surface area contributed by atoms with Crippen molar-refractivity contribution in [2.45, 2.75) is 18.9 Å². The Morgan fingerprint density at radius 1 is 1.37 bits per heavy atom. The Morgan fingerprint density at radius 2 is 1.95 bits per heavy atom. The lowest BCUT2D eigenvalue weighted by Crippen LogP contribution is -2.41. The van der Waals surface area contributed by atoms with Crippen molar-refractivity contribution in [1.82, 2.24) is 5.32 Å². The maximum absolute atomic E-state index is 11.8. The van der Waals surface area contributed by atoms with Crippen LogP contribution in [0.25, 0.3) is 0 Å². The Labute approximate surface area is 121 Å². The molecule has 0 aliphatic rings. The molecule has 2 N–H and O–H groups in total. The first-order valence-corrected chi connectivity index (χ1v) is 6.27. The van der Waals surface area contributed by atoms with Crippen LogP contribution in [0.4, 0.5) is 0 Å². The number of hydrogen-bond donors (Lipinski definition) is 2. The van der Waals surface area contributed by atoms with Crippen LogP contribution in [-0.4, -0.2) is 23.0 Å².